The lowest BCUT2D eigenvalue weighted by Gasteiger charge is -2.15. The van der Waals surface area contributed by atoms with Crippen LogP contribution in [0.1, 0.15) is 44.3 Å². The monoisotopic (exact) mass is 262 g/mol. The number of aliphatic hydroxyl groups is 1. The number of aliphatic hydroxyl groups excluding tert-OH is 1. The zero-order chi connectivity index (χ0) is 14.1. The van der Waals surface area contributed by atoms with E-state index < -0.39 is 6.10 Å². The second kappa shape index (κ2) is 8.48. The molecule has 0 saturated carbocycles. The van der Waals surface area contributed by atoms with Crippen LogP contribution in [0.4, 0.5) is 0 Å². The van der Waals surface area contributed by atoms with Crippen LogP contribution in [0.3, 0.4) is 0 Å². The summed E-state index contributed by atoms with van der Waals surface area (Å²) in [6.45, 7) is 5.45. The number of esters is 1. The lowest BCUT2D eigenvalue weighted by molar-refractivity contribution is -0.150. The zero-order valence-corrected chi connectivity index (χ0v) is 11.4. The topological polar surface area (TPSA) is 46.5 Å². The largest absolute Gasteiger partial charge is 0.458 e. The highest BCUT2D eigenvalue weighted by Crippen LogP contribution is 2.17. The van der Waals surface area contributed by atoms with E-state index in [0.29, 0.717) is 6.42 Å². The third-order valence-electron chi connectivity index (χ3n) is 2.93. The van der Waals surface area contributed by atoms with Gasteiger partial charge >= 0.3 is 5.97 Å². The molecule has 104 valence electrons. The van der Waals surface area contributed by atoms with Gasteiger partial charge in [0, 0.05) is 0 Å². The Morgan fingerprint density at radius 3 is 2.74 bits per heavy atom. The van der Waals surface area contributed by atoms with Gasteiger partial charge in [-0.05, 0) is 31.7 Å². The Hall–Kier alpha value is -1.61. The molecule has 1 aromatic rings. The number of carbonyl (C=O) groups is 1. The van der Waals surface area contributed by atoms with Gasteiger partial charge in [0.2, 0.25) is 0 Å². The van der Waals surface area contributed by atoms with Crippen molar-refractivity contribution in [2.24, 2.45) is 0 Å². The van der Waals surface area contributed by atoms with Crippen molar-refractivity contribution in [3.63, 3.8) is 0 Å². The lowest BCUT2D eigenvalue weighted by atomic mass is 10.1. The van der Waals surface area contributed by atoms with Gasteiger partial charge in [0.25, 0.3) is 0 Å². The smallest absolute Gasteiger partial charge is 0.309 e. The van der Waals surface area contributed by atoms with E-state index >= 15 is 0 Å². The molecule has 0 unspecified atom stereocenters. The van der Waals surface area contributed by atoms with Crippen molar-refractivity contribution < 1.29 is 14.6 Å². The van der Waals surface area contributed by atoms with E-state index in [9.17, 15) is 9.90 Å². The summed E-state index contributed by atoms with van der Waals surface area (Å²) in [7, 11) is 0. The minimum Gasteiger partial charge on any atom is -0.458 e. The van der Waals surface area contributed by atoms with E-state index in [-0.39, 0.29) is 18.5 Å². The van der Waals surface area contributed by atoms with E-state index in [1.165, 1.54) is 0 Å². The summed E-state index contributed by atoms with van der Waals surface area (Å²) < 4.78 is 5.29. The molecular formula is C16H22O3. The molecule has 0 amide bonds. The summed E-state index contributed by atoms with van der Waals surface area (Å²) in [6.07, 6.45) is 3.24. The maximum Gasteiger partial charge on any atom is 0.309 e. The number of carbonyl (C=O) groups excluding carboxylic acids is 1. The van der Waals surface area contributed by atoms with Crippen LogP contribution in [0.5, 0.6) is 0 Å². The molecule has 0 aliphatic heterocycles. The number of hydrogen-bond donors (Lipinski definition) is 1. The fourth-order valence-corrected chi connectivity index (χ4v) is 1.83. The van der Waals surface area contributed by atoms with Gasteiger partial charge in [-0.25, -0.2) is 0 Å². The maximum atomic E-state index is 11.7. The quantitative estimate of drug-likeness (QED) is 0.444. The molecule has 2 atom stereocenters. The van der Waals surface area contributed by atoms with E-state index in [0.717, 1.165) is 18.4 Å². The second-order valence-corrected chi connectivity index (χ2v) is 4.62. The molecule has 0 radical (unpaired) electrons. The molecule has 0 aliphatic carbocycles. The molecule has 0 aromatic heterocycles. The van der Waals surface area contributed by atoms with E-state index in [1.807, 2.05) is 43.3 Å². The highest BCUT2D eigenvalue weighted by Gasteiger charge is 2.15. The average Bonchev–Trinajstić information content (AvgIpc) is 2.39. The van der Waals surface area contributed by atoms with Crippen LogP contribution in [0.25, 0.3) is 0 Å². The summed E-state index contributed by atoms with van der Waals surface area (Å²) >= 11 is 0. The summed E-state index contributed by atoms with van der Waals surface area (Å²) in [5.74, 6) is -0.359. The van der Waals surface area contributed by atoms with E-state index in [1.54, 1.807) is 0 Å². The summed E-state index contributed by atoms with van der Waals surface area (Å²) in [6, 6.07) is 9.56. The predicted octanol–water partition coefficient (Wildman–Crippen LogP) is 3.40. The fraction of sp³-hybridized carbons (Fsp3) is 0.438. The average molecular weight is 262 g/mol. The maximum absolute atomic E-state index is 11.7. The van der Waals surface area contributed by atoms with Crippen molar-refractivity contribution in [3.05, 3.63) is 48.6 Å². The molecule has 0 fully saturated rings. The Balaban J connectivity index is 2.32. The minimum atomic E-state index is -0.629. The van der Waals surface area contributed by atoms with Gasteiger partial charge < -0.3 is 9.84 Å². The van der Waals surface area contributed by atoms with Crippen LogP contribution in [-0.4, -0.2) is 17.2 Å². The van der Waals surface area contributed by atoms with Crippen molar-refractivity contribution in [2.45, 2.75) is 44.8 Å². The van der Waals surface area contributed by atoms with Crippen molar-refractivity contribution in [3.8, 4) is 0 Å². The van der Waals surface area contributed by atoms with Crippen LogP contribution >= 0.6 is 0 Å². The van der Waals surface area contributed by atoms with E-state index in [4.69, 9.17) is 4.74 Å². The summed E-state index contributed by atoms with van der Waals surface area (Å²) in [5.41, 5.74) is 0.956. The van der Waals surface area contributed by atoms with Crippen molar-refractivity contribution >= 4 is 5.97 Å². The molecule has 1 aromatic carbocycles. The van der Waals surface area contributed by atoms with Crippen molar-refractivity contribution in [1.29, 1.82) is 0 Å². The third kappa shape index (κ3) is 6.20. The molecule has 0 aliphatic rings. The molecule has 0 saturated heterocycles. The Labute approximate surface area is 114 Å². The molecule has 0 bridgehead atoms. The number of allylic oxidation sites excluding steroid dienone is 1. The number of unbranched alkanes of at least 4 members (excludes halogenated alkanes) is 1. The predicted molar refractivity (Wildman–Crippen MR) is 75.6 cm³/mol. The number of rotatable bonds is 8. The van der Waals surface area contributed by atoms with Gasteiger partial charge in [0.15, 0.2) is 0 Å². The van der Waals surface area contributed by atoms with Gasteiger partial charge in [-0.1, -0.05) is 36.4 Å². The number of hydrogen-bond acceptors (Lipinski definition) is 3. The Morgan fingerprint density at radius 2 is 2.11 bits per heavy atom. The Kier molecular flexibility index (Phi) is 6.90. The van der Waals surface area contributed by atoms with Crippen molar-refractivity contribution in [1.82, 2.24) is 0 Å². The Morgan fingerprint density at radius 1 is 1.42 bits per heavy atom. The van der Waals surface area contributed by atoms with Crippen LogP contribution in [0, 0.1) is 0 Å². The first-order valence-corrected chi connectivity index (χ1v) is 6.67. The fourth-order valence-electron chi connectivity index (χ4n) is 1.83. The van der Waals surface area contributed by atoms with Crippen LogP contribution < -0.4 is 0 Å². The molecule has 19 heavy (non-hydrogen) atoms. The molecular weight excluding hydrogens is 240 g/mol. The summed E-state index contributed by atoms with van der Waals surface area (Å²) in [4.78, 5) is 11.7. The highest BCUT2D eigenvalue weighted by atomic mass is 16.5. The van der Waals surface area contributed by atoms with E-state index in [2.05, 4.69) is 6.58 Å². The standard InChI is InChI=1S/C16H22O3/c1-3-4-6-11-15(17)12-16(18)19-13(2)14-9-7-5-8-10-14/h3,5,7-10,13,15,17H,1,4,6,11-12H2,2H3/t13-,15-/m0/s1. The number of benzene rings is 1. The van der Waals surface area contributed by atoms with Crippen molar-refractivity contribution in [2.75, 3.05) is 0 Å². The SMILES string of the molecule is C=CCCC[C@H](O)CC(=O)O[C@@H](C)c1ccccc1. The van der Waals surface area contributed by atoms with Gasteiger partial charge in [0.05, 0.1) is 12.5 Å². The van der Waals surface area contributed by atoms with Crippen LogP contribution in [-0.2, 0) is 9.53 Å². The van der Waals surface area contributed by atoms with Crippen LogP contribution in [0.2, 0.25) is 0 Å². The normalized spacial score (nSPS) is 13.6. The first-order chi connectivity index (χ1) is 9.13. The molecule has 1 rings (SSSR count). The zero-order valence-electron chi connectivity index (χ0n) is 11.4. The Bertz CT molecular complexity index is 386. The number of ether oxygens (including phenoxy) is 1. The minimum absolute atomic E-state index is 0.0499. The molecule has 0 spiro atoms. The lowest BCUT2D eigenvalue weighted by Crippen LogP contribution is -2.17. The van der Waals surface area contributed by atoms with Gasteiger partial charge in [-0.3, -0.25) is 4.79 Å². The second-order valence-electron chi connectivity index (χ2n) is 4.62. The van der Waals surface area contributed by atoms with Gasteiger partial charge in [-0.15, -0.1) is 6.58 Å². The van der Waals surface area contributed by atoms with Gasteiger partial charge in [-0.2, -0.15) is 0 Å². The first-order valence-electron chi connectivity index (χ1n) is 6.67. The molecule has 3 heteroatoms. The summed E-state index contributed by atoms with van der Waals surface area (Å²) in [5, 5.41) is 9.69. The molecule has 0 heterocycles. The molecule has 3 nitrogen and oxygen atoms in total. The third-order valence-corrected chi connectivity index (χ3v) is 2.93. The highest BCUT2D eigenvalue weighted by molar-refractivity contribution is 5.70. The van der Waals surface area contributed by atoms with Crippen LogP contribution in [0.15, 0.2) is 43.0 Å². The first kappa shape index (κ1) is 15.4. The molecule has 1 N–H and O–H groups in total. The van der Waals surface area contributed by atoms with Gasteiger partial charge in [0.1, 0.15) is 6.10 Å².